The molecule has 0 radical (unpaired) electrons. The molecule has 3 N–H and O–H groups in total. The Kier molecular flexibility index (Phi) is 9.02. The van der Waals surface area contributed by atoms with Gasteiger partial charge in [-0.05, 0) is 56.8 Å². The average molecular weight is 467 g/mol. The number of nitrogens with zero attached hydrogens (tertiary/aromatic N) is 1. The van der Waals surface area contributed by atoms with E-state index in [9.17, 15) is 9.59 Å². The number of rotatable bonds is 9. The van der Waals surface area contributed by atoms with Crippen LogP contribution in [0.5, 0.6) is 0 Å². The van der Waals surface area contributed by atoms with E-state index in [-0.39, 0.29) is 36.6 Å². The summed E-state index contributed by atoms with van der Waals surface area (Å²) in [4.78, 5) is 27.2. The molecule has 2 aliphatic carbocycles. The van der Waals surface area contributed by atoms with Gasteiger partial charge < -0.3 is 24.8 Å². The molecule has 0 aromatic carbocycles. The molecule has 5 unspecified atom stereocenters. The van der Waals surface area contributed by atoms with Gasteiger partial charge in [0.15, 0.2) is 0 Å². The highest BCUT2D eigenvalue weighted by Gasteiger charge is 2.49. The van der Waals surface area contributed by atoms with Crippen molar-refractivity contribution < 1.29 is 29.1 Å². The molecule has 2 saturated heterocycles. The fourth-order valence-corrected chi connectivity index (χ4v) is 6.69. The van der Waals surface area contributed by atoms with E-state index in [1.165, 1.54) is 6.54 Å². The monoisotopic (exact) mass is 466 g/mol. The van der Waals surface area contributed by atoms with E-state index in [2.05, 4.69) is 22.5 Å². The number of fused-ring (bicyclic) bond motifs is 1. The number of hydrogen-bond acceptors (Lipinski definition) is 6. The van der Waals surface area contributed by atoms with Gasteiger partial charge in [0, 0.05) is 38.5 Å². The Hall–Kier alpha value is -1.22. The molecule has 8 heteroatoms. The Morgan fingerprint density at radius 3 is 2.73 bits per heavy atom. The lowest BCUT2D eigenvalue weighted by Crippen LogP contribution is -2.82. The molecule has 33 heavy (non-hydrogen) atoms. The molecule has 2 aliphatic heterocycles. The number of carbonyl (C=O) groups is 2. The molecule has 4 rings (SSSR count). The molecule has 0 aromatic heterocycles. The summed E-state index contributed by atoms with van der Waals surface area (Å²) >= 11 is 0. The van der Waals surface area contributed by atoms with Crippen LogP contribution in [0.15, 0.2) is 0 Å². The largest absolute Gasteiger partial charge is 0.462 e. The number of nitrogens with two attached hydrogens (primary N) is 1. The maximum absolute atomic E-state index is 12.5. The van der Waals surface area contributed by atoms with Crippen molar-refractivity contribution in [3.8, 4) is 0 Å². The number of ether oxygens (including phenoxy) is 3. The SMILES string of the molecule is COC1CCC(C2CC(=O)OC3C(C)C(OCC(=O)NCCCN4CC[NH2+]C4)CCC23)CC1. The van der Waals surface area contributed by atoms with Crippen LogP contribution in [-0.2, 0) is 23.8 Å². The van der Waals surface area contributed by atoms with Gasteiger partial charge in [-0.25, -0.2) is 0 Å². The molecular formula is C25H44N3O5+. The van der Waals surface area contributed by atoms with Crippen molar-refractivity contribution >= 4 is 11.9 Å². The predicted octanol–water partition coefficient (Wildman–Crippen LogP) is 0.897. The van der Waals surface area contributed by atoms with Crippen molar-refractivity contribution in [1.29, 1.82) is 0 Å². The van der Waals surface area contributed by atoms with Crippen LogP contribution in [0.1, 0.15) is 58.3 Å². The number of carbonyl (C=O) groups excluding carboxylic acids is 2. The zero-order valence-electron chi connectivity index (χ0n) is 20.5. The first-order chi connectivity index (χ1) is 16.0. The van der Waals surface area contributed by atoms with Crippen LogP contribution in [0, 0.1) is 23.7 Å². The van der Waals surface area contributed by atoms with Crippen LogP contribution in [0.25, 0.3) is 0 Å². The number of nitrogens with one attached hydrogen (secondary N) is 1. The van der Waals surface area contributed by atoms with Crippen LogP contribution in [0.4, 0.5) is 0 Å². The van der Waals surface area contributed by atoms with E-state index in [1.54, 1.807) is 7.11 Å². The summed E-state index contributed by atoms with van der Waals surface area (Å²) in [5.41, 5.74) is 0. The molecule has 0 bridgehead atoms. The van der Waals surface area contributed by atoms with Gasteiger partial charge in [-0.3, -0.25) is 14.5 Å². The third-order valence-corrected chi connectivity index (χ3v) is 8.63. The predicted molar refractivity (Wildman–Crippen MR) is 123 cm³/mol. The van der Waals surface area contributed by atoms with Crippen molar-refractivity contribution in [1.82, 2.24) is 10.2 Å². The van der Waals surface area contributed by atoms with Crippen LogP contribution in [0.3, 0.4) is 0 Å². The minimum atomic E-state index is -0.0875. The highest BCUT2D eigenvalue weighted by molar-refractivity contribution is 5.77. The van der Waals surface area contributed by atoms with Gasteiger partial charge in [-0.1, -0.05) is 6.92 Å². The first kappa shape index (κ1) is 24.9. The minimum absolute atomic E-state index is 0.0343. The lowest BCUT2D eigenvalue weighted by atomic mass is 9.63. The second-order valence-electron chi connectivity index (χ2n) is 10.6. The number of hydrogen-bond donors (Lipinski definition) is 2. The normalized spacial score (nSPS) is 37.4. The fourth-order valence-electron chi connectivity index (χ4n) is 6.69. The second kappa shape index (κ2) is 12.0. The van der Waals surface area contributed by atoms with Crippen molar-refractivity contribution in [3.63, 3.8) is 0 Å². The smallest absolute Gasteiger partial charge is 0.306 e. The van der Waals surface area contributed by atoms with E-state index >= 15 is 0 Å². The minimum Gasteiger partial charge on any atom is -0.462 e. The van der Waals surface area contributed by atoms with Gasteiger partial charge in [0.25, 0.3) is 0 Å². The quantitative estimate of drug-likeness (QED) is 0.387. The zero-order chi connectivity index (χ0) is 23.2. The molecule has 0 spiro atoms. The summed E-state index contributed by atoms with van der Waals surface area (Å²) < 4.78 is 17.5. The summed E-state index contributed by atoms with van der Waals surface area (Å²) in [5.74, 6) is 1.42. The van der Waals surface area contributed by atoms with E-state index in [1.807, 2.05) is 0 Å². The molecule has 1 amide bonds. The summed E-state index contributed by atoms with van der Waals surface area (Å²) in [5, 5.41) is 5.29. The molecule has 4 aliphatic rings. The van der Waals surface area contributed by atoms with Crippen LogP contribution in [-0.4, -0.2) is 81.7 Å². The third-order valence-electron chi connectivity index (χ3n) is 8.63. The Morgan fingerprint density at radius 1 is 1.18 bits per heavy atom. The van der Waals surface area contributed by atoms with E-state index in [0.717, 1.165) is 64.7 Å². The molecule has 0 aromatic rings. The summed E-state index contributed by atoms with van der Waals surface area (Å²) in [6.07, 6.45) is 8.19. The zero-order valence-corrected chi connectivity index (χ0v) is 20.5. The first-order valence-electron chi connectivity index (χ1n) is 13.2. The second-order valence-corrected chi connectivity index (χ2v) is 10.6. The highest BCUT2D eigenvalue weighted by Crippen LogP contribution is 2.47. The summed E-state index contributed by atoms with van der Waals surface area (Å²) in [6, 6.07) is 0. The molecular weight excluding hydrogens is 422 g/mol. The van der Waals surface area contributed by atoms with Crippen molar-refractivity contribution in [2.24, 2.45) is 23.7 Å². The van der Waals surface area contributed by atoms with E-state index < -0.39 is 0 Å². The lowest BCUT2D eigenvalue weighted by molar-refractivity contribution is -0.642. The Labute approximate surface area is 198 Å². The summed E-state index contributed by atoms with van der Waals surface area (Å²) in [7, 11) is 1.80. The van der Waals surface area contributed by atoms with E-state index in [4.69, 9.17) is 14.2 Å². The topological polar surface area (TPSA) is 93.7 Å². The van der Waals surface area contributed by atoms with Crippen molar-refractivity contribution in [3.05, 3.63) is 0 Å². The maximum Gasteiger partial charge on any atom is 0.306 e. The number of methoxy groups -OCH3 is 1. The van der Waals surface area contributed by atoms with Crippen molar-refractivity contribution in [2.75, 3.05) is 46.6 Å². The third kappa shape index (κ3) is 6.47. The van der Waals surface area contributed by atoms with Gasteiger partial charge >= 0.3 is 5.97 Å². The first-order valence-corrected chi connectivity index (χ1v) is 13.2. The Morgan fingerprint density at radius 2 is 2.00 bits per heavy atom. The molecule has 188 valence electrons. The standard InChI is InChI=1S/C25H43N3O5/c1-17-22(32-15-23(29)27-10-3-12-28-13-11-26-16-28)9-8-20-21(14-24(30)33-25(17)20)18-4-6-19(31-2)7-5-18/h17-22,25-26H,3-16H2,1-2H3,(H,27,29)/p+1. The fraction of sp³-hybridized carbons (Fsp3) is 0.920. The van der Waals surface area contributed by atoms with Gasteiger partial charge in [0.1, 0.15) is 19.4 Å². The Bertz CT molecular complexity index is 648. The summed E-state index contributed by atoms with van der Waals surface area (Å²) in [6.45, 7) is 7.31. The van der Waals surface area contributed by atoms with Gasteiger partial charge in [-0.15, -0.1) is 0 Å². The lowest BCUT2D eigenvalue weighted by Gasteiger charge is -2.49. The molecule has 5 atom stereocenters. The average Bonchev–Trinajstić information content (AvgIpc) is 3.35. The molecule has 2 saturated carbocycles. The molecule has 8 nitrogen and oxygen atoms in total. The number of amides is 1. The molecule has 2 heterocycles. The van der Waals surface area contributed by atoms with Gasteiger partial charge in [0.2, 0.25) is 5.91 Å². The van der Waals surface area contributed by atoms with Gasteiger partial charge in [0.05, 0.1) is 25.3 Å². The Balaban J connectivity index is 1.21. The van der Waals surface area contributed by atoms with Crippen LogP contribution >= 0.6 is 0 Å². The maximum atomic E-state index is 12.5. The molecule has 4 fully saturated rings. The van der Waals surface area contributed by atoms with Crippen LogP contribution < -0.4 is 10.6 Å². The van der Waals surface area contributed by atoms with Crippen molar-refractivity contribution in [2.45, 2.75) is 76.6 Å². The van der Waals surface area contributed by atoms with Gasteiger partial charge in [-0.2, -0.15) is 0 Å². The number of esters is 1. The van der Waals surface area contributed by atoms with Crippen LogP contribution in [0.2, 0.25) is 0 Å². The van der Waals surface area contributed by atoms with E-state index in [0.29, 0.717) is 36.8 Å². The highest BCUT2D eigenvalue weighted by atomic mass is 16.6. The number of quaternary nitrogens is 1.